The highest BCUT2D eigenvalue weighted by atomic mass is 35.5. The minimum Gasteiger partial charge on any atom is -0.454 e. The molecule has 0 saturated heterocycles. The lowest BCUT2D eigenvalue weighted by molar-refractivity contribution is 0.484. The SMILES string of the molecule is Nc1cccc(Oc2cccc(N)c2Cl)c1Cl. The highest BCUT2D eigenvalue weighted by molar-refractivity contribution is 6.35. The Labute approximate surface area is 109 Å². The Balaban J connectivity index is 2.38. The first-order chi connectivity index (χ1) is 8.09. The maximum absolute atomic E-state index is 6.01. The molecule has 0 spiro atoms. The standard InChI is InChI=1S/C12H10Cl2N2O/c13-11-7(15)3-1-5-9(11)17-10-6-2-4-8(16)12(10)14/h1-6H,15-16H2. The van der Waals surface area contributed by atoms with Crippen LogP contribution in [-0.4, -0.2) is 0 Å². The van der Waals surface area contributed by atoms with Gasteiger partial charge in [0.1, 0.15) is 21.5 Å². The summed E-state index contributed by atoms with van der Waals surface area (Å²) >= 11 is 12.0. The summed E-state index contributed by atoms with van der Waals surface area (Å²) in [6.45, 7) is 0. The van der Waals surface area contributed by atoms with Crippen molar-refractivity contribution in [1.29, 1.82) is 0 Å². The molecule has 0 bridgehead atoms. The molecular weight excluding hydrogens is 259 g/mol. The van der Waals surface area contributed by atoms with Gasteiger partial charge in [0, 0.05) is 0 Å². The van der Waals surface area contributed by atoms with Crippen molar-refractivity contribution < 1.29 is 4.74 Å². The Kier molecular flexibility index (Phi) is 3.31. The third-order valence-corrected chi connectivity index (χ3v) is 3.02. The molecule has 0 amide bonds. The number of nitrogen functional groups attached to an aromatic ring is 2. The number of benzene rings is 2. The molecule has 0 heterocycles. The molecule has 0 aliphatic heterocycles. The van der Waals surface area contributed by atoms with Crippen LogP contribution in [0.3, 0.4) is 0 Å². The highest BCUT2D eigenvalue weighted by Gasteiger charge is 2.09. The maximum atomic E-state index is 6.01. The lowest BCUT2D eigenvalue weighted by Crippen LogP contribution is -1.93. The van der Waals surface area contributed by atoms with Crippen LogP contribution in [0.1, 0.15) is 0 Å². The van der Waals surface area contributed by atoms with Crippen LogP contribution in [-0.2, 0) is 0 Å². The largest absolute Gasteiger partial charge is 0.454 e. The third-order valence-electron chi connectivity index (χ3n) is 2.21. The van der Waals surface area contributed by atoms with Crippen molar-refractivity contribution in [2.24, 2.45) is 0 Å². The van der Waals surface area contributed by atoms with Crippen molar-refractivity contribution >= 4 is 34.6 Å². The Bertz CT molecular complexity index is 509. The fourth-order valence-electron chi connectivity index (χ4n) is 1.33. The smallest absolute Gasteiger partial charge is 0.148 e. The van der Waals surface area contributed by atoms with E-state index in [0.717, 1.165) is 0 Å². The van der Waals surface area contributed by atoms with Gasteiger partial charge < -0.3 is 16.2 Å². The molecule has 0 aliphatic rings. The summed E-state index contributed by atoms with van der Waals surface area (Å²) in [5.74, 6) is 0.887. The average molecular weight is 269 g/mol. The summed E-state index contributed by atoms with van der Waals surface area (Å²) in [5.41, 5.74) is 12.2. The van der Waals surface area contributed by atoms with E-state index in [-0.39, 0.29) is 0 Å². The fourth-order valence-corrected chi connectivity index (χ4v) is 1.66. The molecule has 2 aromatic carbocycles. The number of halogens is 2. The minimum absolute atomic E-state index is 0.353. The second-order valence-electron chi connectivity index (χ2n) is 3.42. The van der Waals surface area contributed by atoms with Crippen LogP contribution in [0.5, 0.6) is 11.5 Å². The first kappa shape index (κ1) is 11.9. The third kappa shape index (κ3) is 2.40. The number of ether oxygens (including phenoxy) is 1. The molecular formula is C12H10Cl2N2O. The summed E-state index contributed by atoms with van der Waals surface area (Å²) < 4.78 is 5.58. The Hall–Kier alpha value is -1.58. The second kappa shape index (κ2) is 4.73. The van der Waals surface area contributed by atoms with Gasteiger partial charge in [-0.25, -0.2) is 0 Å². The van der Waals surface area contributed by atoms with Crippen LogP contribution in [0.25, 0.3) is 0 Å². The zero-order valence-electron chi connectivity index (χ0n) is 8.78. The zero-order chi connectivity index (χ0) is 12.4. The van der Waals surface area contributed by atoms with Gasteiger partial charge in [-0.3, -0.25) is 0 Å². The van der Waals surface area contributed by atoms with Gasteiger partial charge in [-0.2, -0.15) is 0 Å². The Morgan fingerprint density at radius 3 is 1.59 bits per heavy atom. The lowest BCUT2D eigenvalue weighted by atomic mass is 10.3. The number of hydrogen-bond donors (Lipinski definition) is 2. The van der Waals surface area contributed by atoms with Crippen LogP contribution in [0.15, 0.2) is 36.4 Å². The average Bonchev–Trinajstić information content (AvgIpc) is 2.31. The predicted octanol–water partition coefficient (Wildman–Crippen LogP) is 3.95. The number of rotatable bonds is 2. The van der Waals surface area contributed by atoms with Gasteiger partial charge in [0.05, 0.1) is 11.4 Å². The molecule has 2 aromatic rings. The molecule has 0 radical (unpaired) electrons. The quantitative estimate of drug-likeness (QED) is 0.811. The number of anilines is 2. The molecule has 0 aromatic heterocycles. The topological polar surface area (TPSA) is 61.3 Å². The van der Waals surface area contributed by atoms with Crippen molar-refractivity contribution in [2.45, 2.75) is 0 Å². The number of nitrogens with two attached hydrogens (primary N) is 2. The fraction of sp³-hybridized carbons (Fsp3) is 0. The van der Waals surface area contributed by atoms with E-state index < -0.39 is 0 Å². The first-order valence-electron chi connectivity index (χ1n) is 4.85. The van der Waals surface area contributed by atoms with Crippen molar-refractivity contribution in [2.75, 3.05) is 11.5 Å². The van der Waals surface area contributed by atoms with Crippen molar-refractivity contribution in [3.05, 3.63) is 46.4 Å². The normalized spacial score (nSPS) is 10.2. The molecule has 88 valence electrons. The number of hydrogen-bond acceptors (Lipinski definition) is 3. The summed E-state index contributed by atoms with van der Waals surface area (Å²) in [6, 6.07) is 10.3. The molecule has 3 nitrogen and oxygen atoms in total. The van der Waals surface area contributed by atoms with Gasteiger partial charge in [0.25, 0.3) is 0 Å². The van der Waals surface area contributed by atoms with E-state index in [2.05, 4.69) is 0 Å². The molecule has 17 heavy (non-hydrogen) atoms. The van der Waals surface area contributed by atoms with Gasteiger partial charge in [0.15, 0.2) is 0 Å². The lowest BCUT2D eigenvalue weighted by Gasteiger charge is -2.11. The van der Waals surface area contributed by atoms with E-state index in [4.69, 9.17) is 39.4 Å². The van der Waals surface area contributed by atoms with Crippen molar-refractivity contribution in [1.82, 2.24) is 0 Å². The molecule has 4 N–H and O–H groups in total. The van der Waals surface area contributed by atoms with E-state index >= 15 is 0 Å². The molecule has 2 rings (SSSR count). The van der Waals surface area contributed by atoms with Crippen LogP contribution >= 0.6 is 23.2 Å². The zero-order valence-corrected chi connectivity index (χ0v) is 10.3. The summed E-state index contributed by atoms with van der Waals surface area (Å²) in [5, 5.41) is 0.706. The maximum Gasteiger partial charge on any atom is 0.148 e. The monoisotopic (exact) mass is 268 g/mol. The van der Waals surface area contributed by atoms with Gasteiger partial charge in [-0.15, -0.1) is 0 Å². The summed E-state index contributed by atoms with van der Waals surface area (Å²) in [6.07, 6.45) is 0. The molecule has 0 atom stereocenters. The van der Waals surface area contributed by atoms with Crippen LogP contribution in [0, 0.1) is 0 Å². The van der Waals surface area contributed by atoms with Crippen LogP contribution < -0.4 is 16.2 Å². The predicted molar refractivity (Wildman–Crippen MR) is 71.8 cm³/mol. The van der Waals surface area contributed by atoms with Gasteiger partial charge in [0.2, 0.25) is 0 Å². The van der Waals surface area contributed by atoms with Crippen LogP contribution in [0.2, 0.25) is 10.0 Å². The van der Waals surface area contributed by atoms with E-state index in [1.54, 1.807) is 36.4 Å². The van der Waals surface area contributed by atoms with Gasteiger partial charge in [-0.1, -0.05) is 35.3 Å². The first-order valence-corrected chi connectivity index (χ1v) is 5.61. The van der Waals surface area contributed by atoms with Gasteiger partial charge >= 0.3 is 0 Å². The van der Waals surface area contributed by atoms with E-state index in [0.29, 0.717) is 32.9 Å². The van der Waals surface area contributed by atoms with Crippen LogP contribution in [0.4, 0.5) is 11.4 Å². The molecule has 0 saturated carbocycles. The van der Waals surface area contributed by atoms with E-state index in [1.165, 1.54) is 0 Å². The molecule has 0 aliphatic carbocycles. The summed E-state index contributed by atoms with van der Waals surface area (Å²) in [4.78, 5) is 0. The highest BCUT2D eigenvalue weighted by Crippen LogP contribution is 2.37. The Morgan fingerprint density at radius 1 is 0.765 bits per heavy atom. The molecule has 5 heteroatoms. The van der Waals surface area contributed by atoms with Crippen molar-refractivity contribution in [3.63, 3.8) is 0 Å². The Morgan fingerprint density at radius 2 is 1.18 bits per heavy atom. The molecule has 0 fully saturated rings. The minimum atomic E-state index is 0.353. The summed E-state index contributed by atoms with van der Waals surface area (Å²) in [7, 11) is 0. The van der Waals surface area contributed by atoms with E-state index in [9.17, 15) is 0 Å². The second-order valence-corrected chi connectivity index (χ2v) is 4.18. The van der Waals surface area contributed by atoms with Crippen molar-refractivity contribution in [3.8, 4) is 11.5 Å². The molecule has 0 unspecified atom stereocenters. The van der Waals surface area contributed by atoms with Gasteiger partial charge in [-0.05, 0) is 24.3 Å². The van der Waals surface area contributed by atoms with E-state index in [1.807, 2.05) is 0 Å².